The topological polar surface area (TPSA) is 41.6 Å². The molecule has 0 radical (unpaired) electrons. The van der Waals surface area contributed by atoms with Crippen molar-refractivity contribution in [3.05, 3.63) is 33.7 Å². The van der Waals surface area contributed by atoms with Gasteiger partial charge in [0, 0.05) is 15.6 Å². The van der Waals surface area contributed by atoms with Gasteiger partial charge in [-0.3, -0.25) is 5.10 Å². The maximum Gasteiger partial charge on any atom is 0.182 e. The van der Waals surface area contributed by atoms with Gasteiger partial charge in [-0.25, -0.2) is 4.98 Å². The van der Waals surface area contributed by atoms with Gasteiger partial charge in [-0.15, -0.1) is 0 Å². The van der Waals surface area contributed by atoms with Gasteiger partial charge in [-0.05, 0) is 28.7 Å². The number of aryl methyl sites for hydroxylation is 1. The first-order valence-electron chi connectivity index (χ1n) is 4.47. The number of hydrogen-bond acceptors (Lipinski definition) is 2. The van der Waals surface area contributed by atoms with Crippen LogP contribution in [0.3, 0.4) is 0 Å². The molecule has 0 aliphatic carbocycles. The van der Waals surface area contributed by atoms with Crippen molar-refractivity contribution in [3.63, 3.8) is 0 Å². The van der Waals surface area contributed by atoms with E-state index in [1.165, 1.54) is 3.57 Å². The molecule has 1 aromatic carbocycles. The zero-order valence-corrected chi connectivity index (χ0v) is 9.95. The van der Waals surface area contributed by atoms with Crippen LogP contribution in [-0.2, 0) is 6.42 Å². The van der Waals surface area contributed by atoms with E-state index in [0.29, 0.717) is 0 Å². The molecule has 0 unspecified atom stereocenters. The van der Waals surface area contributed by atoms with Crippen molar-refractivity contribution in [2.75, 3.05) is 0 Å². The lowest BCUT2D eigenvalue weighted by Gasteiger charge is -1.97. The van der Waals surface area contributed by atoms with E-state index < -0.39 is 0 Å². The monoisotopic (exact) mass is 299 g/mol. The number of rotatable bonds is 2. The second-order valence-corrected chi connectivity index (χ2v) is 4.10. The molecule has 0 aliphatic heterocycles. The van der Waals surface area contributed by atoms with Gasteiger partial charge in [-0.1, -0.05) is 25.1 Å². The predicted octanol–water partition coefficient (Wildman–Crippen LogP) is 2.64. The van der Waals surface area contributed by atoms with E-state index >= 15 is 0 Å². The minimum absolute atomic E-state index is 0.784. The molecule has 14 heavy (non-hydrogen) atoms. The van der Waals surface area contributed by atoms with E-state index in [4.69, 9.17) is 0 Å². The molecular formula is C10H10IN3. The number of nitrogens with zero attached hydrogens (tertiary/aromatic N) is 2. The highest BCUT2D eigenvalue weighted by molar-refractivity contribution is 14.1. The fourth-order valence-corrected chi connectivity index (χ4v) is 1.85. The summed E-state index contributed by atoms with van der Waals surface area (Å²) < 4.78 is 1.17. The highest BCUT2D eigenvalue weighted by Gasteiger charge is 2.07. The van der Waals surface area contributed by atoms with Crippen LogP contribution in [0.15, 0.2) is 24.3 Å². The molecule has 4 heteroatoms. The summed E-state index contributed by atoms with van der Waals surface area (Å²) in [4.78, 5) is 4.39. The lowest BCUT2D eigenvalue weighted by Crippen LogP contribution is -1.85. The van der Waals surface area contributed by atoms with Gasteiger partial charge in [0.2, 0.25) is 0 Å². The summed E-state index contributed by atoms with van der Waals surface area (Å²) in [6.45, 7) is 2.06. The SMILES string of the molecule is CCc1nc(-c2ccccc2I)n[nH]1. The Kier molecular flexibility index (Phi) is 2.81. The van der Waals surface area contributed by atoms with Crippen LogP contribution in [0.2, 0.25) is 0 Å². The molecule has 1 heterocycles. The van der Waals surface area contributed by atoms with Crippen molar-refractivity contribution in [1.82, 2.24) is 15.2 Å². The lowest BCUT2D eigenvalue weighted by atomic mass is 10.2. The second-order valence-electron chi connectivity index (χ2n) is 2.94. The van der Waals surface area contributed by atoms with Gasteiger partial charge < -0.3 is 0 Å². The molecule has 0 saturated carbocycles. The van der Waals surface area contributed by atoms with E-state index in [1.54, 1.807) is 0 Å². The predicted molar refractivity (Wildman–Crippen MR) is 63.9 cm³/mol. The van der Waals surface area contributed by atoms with Crippen LogP contribution in [0.5, 0.6) is 0 Å². The maximum absolute atomic E-state index is 4.39. The molecule has 0 spiro atoms. The Morgan fingerprint density at radius 1 is 1.36 bits per heavy atom. The first-order valence-corrected chi connectivity index (χ1v) is 5.55. The van der Waals surface area contributed by atoms with Crippen LogP contribution in [0, 0.1) is 3.57 Å². The Hall–Kier alpha value is -0.910. The van der Waals surface area contributed by atoms with Gasteiger partial charge in [0.15, 0.2) is 5.82 Å². The van der Waals surface area contributed by atoms with Gasteiger partial charge in [0.1, 0.15) is 5.82 Å². The van der Waals surface area contributed by atoms with E-state index in [-0.39, 0.29) is 0 Å². The van der Waals surface area contributed by atoms with Gasteiger partial charge in [-0.2, -0.15) is 5.10 Å². The molecule has 72 valence electrons. The molecule has 0 saturated heterocycles. The van der Waals surface area contributed by atoms with Crippen LogP contribution in [0.25, 0.3) is 11.4 Å². The first kappa shape index (κ1) is 9.64. The summed E-state index contributed by atoms with van der Waals surface area (Å²) in [5.41, 5.74) is 1.09. The number of hydrogen-bond donors (Lipinski definition) is 1. The Morgan fingerprint density at radius 3 is 2.79 bits per heavy atom. The van der Waals surface area contributed by atoms with Crippen molar-refractivity contribution < 1.29 is 0 Å². The van der Waals surface area contributed by atoms with Crippen molar-refractivity contribution in [3.8, 4) is 11.4 Å². The largest absolute Gasteiger partial charge is 0.263 e. The summed E-state index contributed by atoms with van der Waals surface area (Å²) in [6, 6.07) is 8.10. The third-order valence-corrected chi connectivity index (χ3v) is 2.92. The van der Waals surface area contributed by atoms with Crippen LogP contribution in [0.4, 0.5) is 0 Å². The standard InChI is InChI=1S/C10H10IN3/c1-2-9-12-10(14-13-9)7-5-3-4-6-8(7)11/h3-6H,2H2,1H3,(H,12,13,14). The summed E-state index contributed by atoms with van der Waals surface area (Å²) >= 11 is 2.29. The van der Waals surface area contributed by atoms with E-state index in [1.807, 2.05) is 18.2 Å². The average molecular weight is 299 g/mol. The van der Waals surface area contributed by atoms with Crippen LogP contribution < -0.4 is 0 Å². The Balaban J connectivity index is 2.44. The Morgan fingerprint density at radius 2 is 2.14 bits per heavy atom. The van der Waals surface area contributed by atoms with Crippen molar-refractivity contribution >= 4 is 22.6 Å². The summed E-state index contributed by atoms with van der Waals surface area (Å²) in [6.07, 6.45) is 0.885. The average Bonchev–Trinajstić information content (AvgIpc) is 2.67. The van der Waals surface area contributed by atoms with Crippen molar-refractivity contribution in [1.29, 1.82) is 0 Å². The molecule has 1 N–H and O–H groups in total. The maximum atomic E-state index is 4.39. The molecule has 2 rings (SSSR count). The number of benzene rings is 1. The van der Waals surface area contributed by atoms with Gasteiger partial charge in [0.25, 0.3) is 0 Å². The molecule has 0 atom stereocenters. The summed E-state index contributed by atoms with van der Waals surface area (Å²) in [7, 11) is 0. The minimum atomic E-state index is 0.784. The van der Waals surface area contributed by atoms with Crippen molar-refractivity contribution in [2.24, 2.45) is 0 Å². The number of halogens is 1. The van der Waals surface area contributed by atoms with Crippen LogP contribution >= 0.6 is 22.6 Å². The fourth-order valence-electron chi connectivity index (χ4n) is 1.22. The summed E-state index contributed by atoms with van der Waals surface area (Å²) in [5, 5.41) is 7.09. The van der Waals surface area contributed by atoms with Gasteiger partial charge >= 0.3 is 0 Å². The number of nitrogens with one attached hydrogen (secondary N) is 1. The highest BCUT2D eigenvalue weighted by atomic mass is 127. The third-order valence-electron chi connectivity index (χ3n) is 1.98. The zero-order chi connectivity index (χ0) is 9.97. The zero-order valence-electron chi connectivity index (χ0n) is 7.79. The number of aromatic nitrogens is 3. The molecular weight excluding hydrogens is 289 g/mol. The molecule has 2 aromatic rings. The molecule has 0 fully saturated rings. The molecule has 1 aromatic heterocycles. The number of H-pyrrole nitrogens is 1. The molecule has 0 amide bonds. The molecule has 0 bridgehead atoms. The number of aromatic amines is 1. The highest BCUT2D eigenvalue weighted by Crippen LogP contribution is 2.21. The minimum Gasteiger partial charge on any atom is -0.263 e. The van der Waals surface area contributed by atoms with Crippen LogP contribution in [-0.4, -0.2) is 15.2 Å². The van der Waals surface area contributed by atoms with E-state index in [2.05, 4.69) is 50.8 Å². The third kappa shape index (κ3) is 1.79. The lowest BCUT2D eigenvalue weighted by molar-refractivity contribution is 0.946. The van der Waals surface area contributed by atoms with Crippen molar-refractivity contribution in [2.45, 2.75) is 13.3 Å². The Labute approximate surface area is 96.1 Å². The quantitative estimate of drug-likeness (QED) is 0.866. The van der Waals surface area contributed by atoms with Crippen LogP contribution in [0.1, 0.15) is 12.7 Å². The summed E-state index contributed by atoms with van der Waals surface area (Å²) in [5.74, 6) is 1.71. The fraction of sp³-hybridized carbons (Fsp3) is 0.200. The normalized spacial score (nSPS) is 10.4. The molecule has 3 nitrogen and oxygen atoms in total. The first-order chi connectivity index (χ1) is 6.81. The smallest absolute Gasteiger partial charge is 0.182 e. The van der Waals surface area contributed by atoms with E-state index in [0.717, 1.165) is 23.6 Å². The second kappa shape index (κ2) is 4.08. The molecule has 0 aliphatic rings. The van der Waals surface area contributed by atoms with Gasteiger partial charge in [0.05, 0.1) is 0 Å². The van der Waals surface area contributed by atoms with E-state index in [9.17, 15) is 0 Å². The Bertz CT molecular complexity index is 436.